The Morgan fingerprint density at radius 1 is 1.14 bits per heavy atom. The summed E-state index contributed by atoms with van der Waals surface area (Å²) >= 11 is 0. The molecule has 0 aliphatic carbocycles. The minimum atomic E-state index is 0.0177. The molecule has 0 aromatic heterocycles. The van der Waals surface area contributed by atoms with Gasteiger partial charge in [0.05, 0.1) is 13.2 Å². The lowest BCUT2D eigenvalue weighted by Gasteiger charge is -2.26. The normalized spacial score (nSPS) is 14.7. The average Bonchev–Trinajstić information content (AvgIpc) is 2.56. The van der Waals surface area contributed by atoms with Gasteiger partial charge in [-0.3, -0.25) is 9.59 Å². The Balaban J connectivity index is 1.86. The van der Waals surface area contributed by atoms with Crippen molar-refractivity contribution in [2.45, 2.75) is 32.6 Å². The predicted molar refractivity (Wildman–Crippen MR) is 85.9 cm³/mol. The number of ether oxygens (including phenoxy) is 1. The summed E-state index contributed by atoms with van der Waals surface area (Å²) in [5.74, 6) is 0.0461. The summed E-state index contributed by atoms with van der Waals surface area (Å²) < 4.78 is 5.25. The molecule has 0 atom stereocenters. The first-order chi connectivity index (χ1) is 10.7. The number of hydrogen-bond donors (Lipinski definition) is 1. The highest BCUT2D eigenvalue weighted by Crippen LogP contribution is 2.13. The number of unbranched alkanes of at least 4 members (excludes halogenated alkanes) is 2. The molecule has 0 unspecified atom stereocenters. The molecule has 1 aliphatic heterocycles. The average molecular weight is 304 g/mol. The second kappa shape index (κ2) is 8.54. The highest BCUT2D eigenvalue weighted by atomic mass is 16.5. The third-order valence-corrected chi connectivity index (χ3v) is 3.72. The zero-order valence-corrected chi connectivity index (χ0v) is 13.1. The van der Waals surface area contributed by atoms with E-state index in [1.54, 1.807) is 29.2 Å². The number of carbonyl (C=O) groups is 2. The maximum absolute atomic E-state index is 12.3. The molecule has 1 saturated heterocycles. The number of hydrogen-bond acceptors (Lipinski definition) is 3. The van der Waals surface area contributed by atoms with Gasteiger partial charge in [0.25, 0.3) is 5.91 Å². The van der Waals surface area contributed by atoms with Crippen LogP contribution in [0.1, 0.15) is 43.0 Å². The molecule has 1 N–H and O–H groups in total. The first-order valence-corrected chi connectivity index (χ1v) is 7.97. The molecular formula is C17H24N2O3. The molecule has 1 aromatic carbocycles. The van der Waals surface area contributed by atoms with Gasteiger partial charge in [0.15, 0.2) is 0 Å². The minimum absolute atomic E-state index is 0.0177. The Morgan fingerprint density at radius 3 is 2.45 bits per heavy atom. The summed E-state index contributed by atoms with van der Waals surface area (Å²) in [6.45, 7) is 4.57. The number of amides is 2. The van der Waals surface area contributed by atoms with E-state index in [0.29, 0.717) is 38.3 Å². The molecular weight excluding hydrogens is 280 g/mol. The summed E-state index contributed by atoms with van der Waals surface area (Å²) in [6, 6.07) is 7.09. The topological polar surface area (TPSA) is 58.6 Å². The van der Waals surface area contributed by atoms with Crippen molar-refractivity contribution >= 4 is 17.5 Å². The summed E-state index contributed by atoms with van der Waals surface area (Å²) in [4.78, 5) is 25.8. The van der Waals surface area contributed by atoms with E-state index >= 15 is 0 Å². The minimum Gasteiger partial charge on any atom is -0.378 e. The van der Waals surface area contributed by atoms with Crippen LogP contribution in [0, 0.1) is 0 Å². The Labute approximate surface area is 131 Å². The van der Waals surface area contributed by atoms with E-state index in [4.69, 9.17) is 4.74 Å². The van der Waals surface area contributed by atoms with Crippen LogP contribution >= 0.6 is 0 Å². The highest BCUT2D eigenvalue weighted by Gasteiger charge is 2.18. The number of nitrogens with one attached hydrogen (secondary N) is 1. The van der Waals surface area contributed by atoms with Crippen molar-refractivity contribution < 1.29 is 14.3 Å². The smallest absolute Gasteiger partial charge is 0.254 e. The monoisotopic (exact) mass is 304 g/mol. The second-order valence-corrected chi connectivity index (χ2v) is 5.49. The van der Waals surface area contributed by atoms with Gasteiger partial charge in [-0.05, 0) is 30.7 Å². The van der Waals surface area contributed by atoms with Crippen molar-refractivity contribution in [3.8, 4) is 0 Å². The van der Waals surface area contributed by atoms with E-state index in [2.05, 4.69) is 12.2 Å². The number of benzene rings is 1. The molecule has 5 nitrogen and oxygen atoms in total. The molecule has 0 saturated carbocycles. The zero-order valence-electron chi connectivity index (χ0n) is 13.1. The number of rotatable bonds is 6. The summed E-state index contributed by atoms with van der Waals surface area (Å²) in [6.07, 6.45) is 3.63. The number of nitrogens with zero attached hydrogens (tertiary/aromatic N) is 1. The molecule has 2 amide bonds. The van der Waals surface area contributed by atoms with Crippen LogP contribution in [-0.2, 0) is 9.53 Å². The lowest BCUT2D eigenvalue weighted by molar-refractivity contribution is -0.116. The Kier molecular flexibility index (Phi) is 6.40. The van der Waals surface area contributed by atoms with Crippen molar-refractivity contribution in [1.29, 1.82) is 0 Å². The summed E-state index contributed by atoms with van der Waals surface area (Å²) in [5.41, 5.74) is 1.38. The van der Waals surface area contributed by atoms with Crippen molar-refractivity contribution in [2.75, 3.05) is 31.6 Å². The second-order valence-electron chi connectivity index (χ2n) is 5.49. The predicted octanol–water partition coefficient (Wildman–Crippen LogP) is 2.68. The fourth-order valence-electron chi connectivity index (χ4n) is 2.40. The van der Waals surface area contributed by atoms with Crippen LogP contribution in [0.4, 0.5) is 5.69 Å². The maximum Gasteiger partial charge on any atom is 0.254 e. The van der Waals surface area contributed by atoms with Crippen molar-refractivity contribution in [3.63, 3.8) is 0 Å². The van der Waals surface area contributed by atoms with Crippen LogP contribution in [0.3, 0.4) is 0 Å². The largest absolute Gasteiger partial charge is 0.378 e. The molecule has 1 aliphatic rings. The van der Waals surface area contributed by atoms with Crippen LogP contribution in [0.2, 0.25) is 0 Å². The van der Waals surface area contributed by atoms with Crippen molar-refractivity contribution in [3.05, 3.63) is 29.8 Å². The SMILES string of the molecule is CCCCCC(=O)Nc1ccc(C(=O)N2CCOCC2)cc1. The maximum atomic E-state index is 12.3. The van der Waals surface area contributed by atoms with E-state index in [1.807, 2.05) is 0 Å². The van der Waals surface area contributed by atoms with Crippen molar-refractivity contribution in [1.82, 2.24) is 4.90 Å². The van der Waals surface area contributed by atoms with E-state index < -0.39 is 0 Å². The third kappa shape index (κ3) is 4.84. The Hall–Kier alpha value is -1.88. The van der Waals surface area contributed by atoms with Gasteiger partial charge in [-0.2, -0.15) is 0 Å². The fraction of sp³-hybridized carbons (Fsp3) is 0.529. The van der Waals surface area contributed by atoms with E-state index in [9.17, 15) is 9.59 Å². The van der Waals surface area contributed by atoms with Gasteiger partial charge >= 0.3 is 0 Å². The molecule has 1 heterocycles. The molecule has 0 spiro atoms. The van der Waals surface area contributed by atoms with E-state index in [0.717, 1.165) is 24.9 Å². The van der Waals surface area contributed by atoms with Crippen LogP contribution in [-0.4, -0.2) is 43.0 Å². The molecule has 22 heavy (non-hydrogen) atoms. The molecule has 0 bridgehead atoms. The van der Waals surface area contributed by atoms with Gasteiger partial charge in [0.2, 0.25) is 5.91 Å². The number of anilines is 1. The van der Waals surface area contributed by atoms with Gasteiger partial charge in [-0.1, -0.05) is 19.8 Å². The van der Waals surface area contributed by atoms with Crippen LogP contribution in [0.5, 0.6) is 0 Å². The molecule has 5 heteroatoms. The van der Waals surface area contributed by atoms with Gasteiger partial charge in [0, 0.05) is 30.8 Å². The van der Waals surface area contributed by atoms with Crippen molar-refractivity contribution in [2.24, 2.45) is 0 Å². The Morgan fingerprint density at radius 2 is 1.82 bits per heavy atom. The summed E-state index contributed by atoms with van der Waals surface area (Å²) in [5, 5.41) is 2.86. The number of carbonyl (C=O) groups excluding carboxylic acids is 2. The molecule has 2 rings (SSSR count). The molecule has 120 valence electrons. The highest BCUT2D eigenvalue weighted by molar-refractivity contribution is 5.95. The molecule has 0 radical (unpaired) electrons. The lowest BCUT2D eigenvalue weighted by Crippen LogP contribution is -2.40. The van der Waals surface area contributed by atoms with Gasteiger partial charge in [-0.25, -0.2) is 0 Å². The first kappa shape index (κ1) is 16.5. The standard InChI is InChI=1S/C17H24N2O3/c1-2-3-4-5-16(20)18-15-8-6-14(7-9-15)17(21)19-10-12-22-13-11-19/h6-9H,2-5,10-13H2,1H3,(H,18,20). The molecule has 1 fully saturated rings. The van der Waals surface area contributed by atoms with Crippen LogP contribution < -0.4 is 5.32 Å². The Bertz CT molecular complexity index is 493. The van der Waals surface area contributed by atoms with E-state index in [-0.39, 0.29) is 11.8 Å². The zero-order chi connectivity index (χ0) is 15.8. The quantitative estimate of drug-likeness (QED) is 0.822. The fourth-order valence-corrected chi connectivity index (χ4v) is 2.40. The molecule has 1 aromatic rings. The number of morpholine rings is 1. The van der Waals surface area contributed by atoms with Crippen LogP contribution in [0.15, 0.2) is 24.3 Å². The third-order valence-electron chi connectivity index (χ3n) is 3.72. The summed E-state index contributed by atoms with van der Waals surface area (Å²) in [7, 11) is 0. The van der Waals surface area contributed by atoms with Crippen LogP contribution in [0.25, 0.3) is 0 Å². The van der Waals surface area contributed by atoms with Gasteiger partial charge < -0.3 is 15.0 Å². The van der Waals surface area contributed by atoms with Gasteiger partial charge in [-0.15, -0.1) is 0 Å². The van der Waals surface area contributed by atoms with E-state index in [1.165, 1.54) is 0 Å². The lowest BCUT2D eigenvalue weighted by atomic mass is 10.1. The van der Waals surface area contributed by atoms with Gasteiger partial charge in [0.1, 0.15) is 0 Å². The first-order valence-electron chi connectivity index (χ1n) is 7.97.